The van der Waals surface area contributed by atoms with Crippen LogP contribution in [0.2, 0.25) is 38.3 Å². The van der Waals surface area contributed by atoms with Crippen molar-refractivity contribution in [1.82, 2.24) is 13.7 Å². The van der Waals surface area contributed by atoms with Gasteiger partial charge < -0.3 is 17.8 Å². The summed E-state index contributed by atoms with van der Waals surface area (Å²) in [5.41, 5.74) is 2.05. The molecule has 0 atom stereocenters. The molecule has 7 heteroatoms. The first kappa shape index (κ1) is 21.2. The highest BCUT2D eigenvalue weighted by molar-refractivity contribution is 6.88. The minimum absolute atomic E-state index is 1.19. The van der Waals surface area contributed by atoms with Gasteiger partial charge >= 0.3 is 0 Å². The normalized spacial score (nSPS) is 14.3. The van der Waals surface area contributed by atoms with Crippen LogP contribution in [0.3, 0.4) is 0 Å². The maximum absolute atomic E-state index is 6.54. The van der Waals surface area contributed by atoms with E-state index in [1.807, 2.05) is 0 Å². The Hall–Kier alpha value is 0.231. The summed E-state index contributed by atoms with van der Waals surface area (Å²) in [5, 5.41) is 0. The van der Waals surface area contributed by atoms with Crippen LogP contribution in [-0.4, -0.2) is 81.2 Å². The molecule has 0 heterocycles. The quantitative estimate of drug-likeness (QED) is 0.597. The monoisotopic (exact) mass is 347 g/mol. The first-order valence-electron chi connectivity index (χ1n) is 7.67. The zero-order valence-corrected chi connectivity index (χ0v) is 18.9. The lowest BCUT2D eigenvalue weighted by Crippen LogP contribution is -2.70. The van der Waals surface area contributed by atoms with Crippen molar-refractivity contribution in [3.8, 4) is 0 Å². The van der Waals surface area contributed by atoms with Gasteiger partial charge in [0.15, 0.2) is 16.6 Å². The summed E-state index contributed by atoms with van der Waals surface area (Å²) < 4.78 is 13.8. The third kappa shape index (κ3) is 5.74. The van der Waals surface area contributed by atoms with Gasteiger partial charge in [0.25, 0.3) is 8.56 Å². The fourth-order valence-corrected chi connectivity index (χ4v) is 17.1. The first-order valence-corrected chi connectivity index (χ1v) is 15.8. The molecule has 0 saturated heterocycles. The van der Waals surface area contributed by atoms with E-state index < -0.39 is 25.2 Å². The van der Waals surface area contributed by atoms with Crippen molar-refractivity contribution in [2.75, 3.05) is 42.3 Å². The van der Waals surface area contributed by atoms with E-state index in [9.17, 15) is 0 Å². The Labute approximate surface area is 136 Å². The molecule has 0 aromatic rings. The molecule has 0 aliphatic heterocycles. The first-order chi connectivity index (χ1) is 9.31. The Kier molecular flexibility index (Phi) is 7.75. The Balaban J connectivity index is 5.11. The van der Waals surface area contributed by atoms with Gasteiger partial charge in [-0.25, -0.2) is 0 Å². The number of rotatable bonds is 9. The molecule has 0 bridgehead atoms. The predicted octanol–water partition coefficient (Wildman–Crippen LogP) is 2.76. The lowest BCUT2D eigenvalue weighted by atomic mass is 10.9. The summed E-state index contributed by atoms with van der Waals surface area (Å²) in [4.78, 5) is 0. The van der Waals surface area contributed by atoms with Crippen LogP contribution in [0.1, 0.15) is 0 Å². The van der Waals surface area contributed by atoms with Gasteiger partial charge in [-0.05, 0) is 80.6 Å². The summed E-state index contributed by atoms with van der Waals surface area (Å²) >= 11 is 0. The van der Waals surface area contributed by atoms with Crippen molar-refractivity contribution in [2.24, 2.45) is 0 Å². The Bertz CT molecular complexity index is 323. The van der Waals surface area contributed by atoms with Gasteiger partial charge in [-0.3, -0.25) is 0 Å². The van der Waals surface area contributed by atoms with Crippen LogP contribution in [0.5, 0.6) is 0 Å². The summed E-state index contributed by atoms with van der Waals surface area (Å²) in [6.45, 7) is 13.1. The van der Waals surface area contributed by atoms with Crippen LogP contribution >= 0.6 is 0 Å². The molecule has 0 fully saturated rings. The lowest BCUT2D eigenvalue weighted by molar-refractivity contribution is 0.376. The molecule has 0 aliphatic rings. The second-order valence-electron chi connectivity index (χ2n) is 7.63. The van der Waals surface area contributed by atoms with Gasteiger partial charge in [0.2, 0.25) is 0 Å². The van der Waals surface area contributed by atoms with Crippen LogP contribution in [0, 0.1) is 0 Å². The fourth-order valence-electron chi connectivity index (χ4n) is 3.14. The van der Waals surface area contributed by atoms with E-state index in [-0.39, 0.29) is 0 Å². The minimum atomic E-state index is -1.78. The smallest absolute Gasteiger partial charge is 0.288 e. The van der Waals surface area contributed by atoms with E-state index in [4.69, 9.17) is 4.12 Å². The molecule has 0 spiro atoms. The average Bonchev–Trinajstić information content (AvgIpc) is 2.26. The van der Waals surface area contributed by atoms with Crippen molar-refractivity contribution in [1.29, 1.82) is 0 Å². The summed E-state index contributed by atoms with van der Waals surface area (Å²) in [5.74, 6) is 0. The van der Waals surface area contributed by atoms with Gasteiger partial charge in [-0.2, -0.15) is 0 Å². The predicted molar refractivity (Wildman–Crippen MR) is 103 cm³/mol. The summed E-state index contributed by atoms with van der Waals surface area (Å²) in [6.07, 6.45) is 0. The third-order valence-electron chi connectivity index (χ3n) is 4.24. The standard InChI is InChI=1S/C14H37N3OSi3/c1-12-19(8,9)18-20(10,11)13-14-21(15(2)3,16(4)5)17(6)7/h12H,1,13-14H2,2-11H3. The van der Waals surface area contributed by atoms with Gasteiger partial charge in [0, 0.05) is 0 Å². The summed E-state index contributed by atoms with van der Waals surface area (Å²) in [6, 6.07) is 2.40. The van der Waals surface area contributed by atoms with Gasteiger partial charge in [-0.1, -0.05) is 5.70 Å². The number of hydrogen-bond donors (Lipinski definition) is 0. The van der Waals surface area contributed by atoms with Crippen molar-refractivity contribution in [2.45, 2.75) is 38.3 Å². The van der Waals surface area contributed by atoms with Crippen LogP contribution in [0.15, 0.2) is 12.3 Å². The molecule has 0 aliphatic carbocycles. The zero-order valence-electron chi connectivity index (χ0n) is 15.9. The Morgan fingerprint density at radius 2 is 1.19 bits per heavy atom. The van der Waals surface area contributed by atoms with Crippen LogP contribution < -0.4 is 0 Å². The highest BCUT2D eigenvalue weighted by Crippen LogP contribution is 2.27. The molecule has 0 aromatic heterocycles. The molecule has 4 nitrogen and oxygen atoms in total. The Morgan fingerprint density at radius 3 is 1.48 bits per heavy atom. The second kappa shape index (κ2) is 7.67. The van der Waals surface area contributed by atoms with Crippen molar-refractivity contribution in [3.05, 3.63) is 12.3 Å². The molecular formula is C14H37N3OSi3. The van der Waals surface area contributed by atoms with Crippen LogP contribution in [-0.2, 0) is 4.12 Å². The maximum atomic E-state index is 6.54. The molecule has 0 saturated carbocycles. The molecule has 126 valence electrons. The van der Waals surface area contributed by atoms with Crippen LogP contribution in [0.25, 0.3) is 0 Å². The fraction of sp³-hybridized carbons (Fsp3) is 0.857. The molecule has 0 radical (unpaired) electrons. The van der Waals surface area contributed by atoms with Gasteiger partial charge in [0.05, 0.1) is 0 Å². The molecule has 0 rings (SSSR count). The highest BCUT2D eigenvalue weighted by Gasteiger charge is 2.44. The lowest BCUT2D eigenvalue weighted by Gasteiger charge is -2.48. The number of hydrogen-bond acceptors (Lipinski definition) is 4. The highest BCUT2D eigenvalue weighted by atomic mass is 28.4. The Morgan fingerprint density at radius 1 is 0.810 bits per heavy atom. The molecule has 0 amide bonds. The van der Waals surface area contributed by atoms with Crippen molar-refractivity contribution >= 4 is 25.2 Å². The maximum Gasteiger partial charge on any atom is 0.288 e. The second-order valence-corrected chi connectivity index (χ2v) is 20.8. The number of nitrogens with zero attached hydrogens (tertiary/aromatic N) is 3. The van der Waals surface area contributed by atoms with E-state index in [0.717, 1.165) is 0 Å². The average molecular weight is 348 g/mol. The molecular weight excluding hydrogens is 310 g/mol. The van der Waals surface area contributed by atoms with Crippen molar-refractivity contribution in [3.63, 3.8) is 0 Å². The topological polar surface area (TPSA) is 19.0 Å². The van der Waals surface area contributed by atoms with Gasteiger partial charge in [0.1, 0.15) is 0 Å². The zero-order chi connectivity index (χ0) is 17.1. The van der Waals surface area contributed by atoms with Crippen LogP contribution in [0.4, 0.5) is 0 Å². The molecule has 0 aromatic carbocycles. The largest absolute Gasteiger partial charge is 0.453 e. The molecule has 0 unspecified atom stereocenters. The van der Waals surface area contributed by atoms with E-state index in [0.29, 0.717) is 0 Å². The minimum Gasteiger partial charge on any atom is -0.453 e. The van der Waals surface area contributed by atoms with E-state index in [2.05, 4.69) is 94.4 Å². The van der Waals surface area contributed by atoms with E-state index >= 15 is 0 Å². The van der Waals surface area contributed by atoms with Crippen molar-refractivity contribution < 1.29 is 4.12 Å². The molecule has 21 heavy (non-hydrogen) atoms. The summed E-state index contributed by atoms with van der Waals surface area (Å²) in [7, 11) is 8.14. The SMILES string of the molecule is C=C[Si](C)(C)O[Si](C)(C)CC[Si](N(C)C)(N(C)C)N(C)C. The third-order valence-corrected chi connectivity index (χ3v) is 16.7. The van der Waals surface area contributed by atoms with E-state index in [1.54, 1.807) is 0 Å². The molecule has 0 N–H and O–H groups in total. The van der Waals surface area contributed by atoms with Gasteiger partial charge in [-0.15, -0.1) is 6.58 Å². The van der Waals surface area contributed by atoms with E-state index in [1.165, 1.54) is 12.1 Å².